The number of anilines is 1. The van der Waals surface area contributed by atoms with Crippen molar-refractivity contribution in [2.24, 2.45) is 0 Å². The second-order valence-corrected chi connectivity index (χ2v) is 4.41. The van der Waals surface area contributed by atoms with Crippen molar-refractivity contribution in [2.45, 2.75) is 45.6 Å². The summed E-state index contributed by atoms with van der Waals surface area (Å²) in [5.74, 6) is 0.576. The first-order valence-electron chi connectivity index (χ1n) is 5.38. The van der Waals surface area contributed by atoms with Gasteiger partial charge in [-0.3, -0.25) is 0 Å². The third-order valence-electron chi connectivity index (χ3n) is 2.83. The molecule has 0 saturated carbocycles. The number of aromatic nitrogens is 1. The minimum absolute atomic E-state index is 0.576. The maximum absolute atomic E-state index is 9.88. The second kappa shape index (κ2) is 4.62. The maximum atomic E-state index is 9.88. The molecule has 1 aromatic heterocycles. The zero-order valence-corrected chi connectivity index (χ0v) is 9.75. The average molecular weight is 208 g/mol. The zero-order valence-electron chi connectivity index (χ0n) is 9.75. The molecule has 1 heterocycles. The molecule has 3 heteroatoms. The van der Waals surface area contributed by atoms with E-state index in [1.165, 1.54) is 0 Å². The van der Waals surface area contributed by atoms with Gasteiger partial charge in [-0.25, -0.2) is 4.98 Å². The van der Waals surface area contributed by atoms with E-state index in [4.69, 9.17) is 5.73 Å². The fraction of sp³-hybridized carbons (Fsp3) is 0.583. The molecule has 0 spiro atoms. The molecule has 3 N–H and O–H groups in total. The molecule has 0 aromatic carbocycles. The van der Waals surface area contributed by atoms with E-state index in [0.29, 0.717) is 5.82 Å². The van der Waals surface area contributed by atoms with Gasteiger partial charge in [0.1, 0.15) is 5.82 Å². The lowest BCUT2D eigenvalue weighted by Gasteiger charge is -2.21. The highest BCUT2D eigenvalue weighted by Crippen LogP contribution is 2.20. The first-order chi connectivity index (χ1) is 6.94. The van der Waals surface area contributed by atoms with Gasteiger partial charge in [0.05, 0.1) is 5.60 Å². The van der Waals surface area contributed by atoms with Crippen molar-refractivity contribution in [3.63, 3.8) is 0 Å². The van der Waals surface area contributed by atoms with Crippen molar-refractivity contribution in [1.29, 1.82) is 0 Å². The number of nitrogen functional groups attached to an aromatic ring is 1. The molecule has 15 heavy (non-hydrogen) atoms. The molecule has 3 nitrogen and oxygen atoms in total. The summed E-state index contributed by atoms with van der Waals surface area (Å²) in [7, 11) is 0. The highest BCUT2D eigenvalue weighted by Gasteiger charge is 2.17. The van der Waals surface area contributed by atoms with Gasteiger partial charge >= 0.3 is 0 Å². The largest absolute Gasteiger partial charge is 0.390 e. The summed E-state index contributed by atoms with van der Waals surface area (Å²) in [6.45, 7) is 5.83. The molecule has 0 aliphatic heterocycles. The number of aryl methyl sites for hydroxylation is 2. The lowest BCUT2D eigenvalue weighted by Crippen LogP contribution is -2.23. The Labute approximate surface area is 91.3 Å². The van der Waals surface area contributed by atoms with E-state index in [9.17, 15) is 5.11 Å². The molecular weight excluding hydrogens is 188 g/mol. The third-order valence-corrected chi connectivity index (χ3v) is 2.83. The molecule has 1 atom stereocenters. The predicted octanol–water partition coefficient (Wildman–Crippen LogP) is 2.07. The van der Waals surface area contributed by atoms with E-state index in [0.717, 1.165) is 30.4 Å². The van der Waals surface area contributed by atoms with E-state index in [2.05, 4.69) is 4.98 Å². The normalized spacial score (nSPS) is 14.9. The molecule has 0 saturated heterocycles. The topological polar surface area (TPSA) is 59.1 Å². The number of hydrogen-bond acceptors (Lipinski definition) is 3. The number of hydrogen-bond donors (Lipinski definition) is 2. The van der Waals surface area contributed by atoms with Gasteiger partial charge in [0.2, 0.25) is 0 Å². The van der Waals surface area contributed by atoms with Crippen LogP contribution in [-0.2, 0) is 6.42 Å². The van der Waals surface area contributed by atoms with Crippen LogP contribution in [0.2, 0.25) is 0 Å². The summed E-state index contributed by atoms with van der Waals surface area (Å²) in [5.41, 5.74) is 7.30. The van der Waals surface area contributed by atoms with Crippen LogP contribution in [0.5, 0.6) is 0 Å². The number of nitrogens with two attached hydrogens (primary N) is 1. The van der Waals surface area contributed by atoms with Gasteiger partial charge in [0.15, 0.2) is 0 Å². The lowest BCUT2D eigenvalue weighted by molar-refractivity contribution is 0.0473. The average Bonchev–Trinajstić information content (AvgIpc) is 2.20. The molecule has 0 fully saturated rings. The first kappa shape index (κ1) is 12.0. The van der Waals surface area contributed by atoms with Crippen molar-refractivity contribution < 1.29 is 5.11 Å². The Morgan fingerprint density at radius 3 is 2.80 bits per heavy atom. The first-order valence-corrected chi connectivity index (χ1v) is 5.38. The Balaban J connectivity index is 2.69. The number of pyridine rings is 1. The van der Waals surface area contributed by atoms with E-state index < -0.39 is 5.60 Å². The Hall–Kier alpha value is -1.09. The number of aliphatic hydroxyl groups is 1. The van der Waals surface area contributed by atoms with Crippen LogP contribution in [0.1, 0.15) is 37.8 Å². The van der Waals surface area contributed by atoms with Gasteiger partial charge in [-0.15, -0.1) is 0 Å². The van der Waals surface area contributed by atoms with E-state index >= 15 is 0 Å². The molecular formula is C12H20N2O. The van der Waals surface area contributed by atoms with Gasteiger partial charge in [0, 0.05) is 6.20 Å². The molecule has 0 bridgehead atoms. The summed E-state index contributed by atoms with van der Waals surface area (Å²) in [5, 5.41) is 9.88. The molecule has 0 amide bonds. The van der Waals surface area contributed by atoms with Gasteiger partial charge in [-0.1, -0.05) is 13.0 Å². The van der Waals surface area contributed by atoms with Crippen LogP contribution in [0.4, 0.5) is 5.82 Å². The number of nitrogens with zero attached hydrogens (tertiary/aromatic N) is 1. The SMILES string of the molecule is CCC(C)(O)CCc1cc(C)cnc1N. The van der Waals surface area contributed by atoms with Crippen LogP contribution >= 0.6 is 0 Å². The summed E-state index contributed by atoms with van der Waals surface area (Å²) in [6, 6.07) is 2.04. The minimum atomic E-state index is -0.601. The van der Waals surface area contributed by atoms with Gasteiger partial charge < -0.3 is 10.8 Å². The Morgan fingerprint density at radius 1 is 1.53 bits per heavy atom. The van der Waals surface area contributed by atoms with Crippen LogP contribution < -0.4 is 5.73 Å². The van der Waals surface area contributed by atoms with E-state index in [1.54, 1.807) is 6.20 Å². The van der Waals surface area contributed by atoms with Crippen LogP contribution in [-0.4, -0.2) is 15.7 Å². The minimum Gasteiger partial charge on any atom is -0.390 e. The molecule has 0 radical (unpaired) electrons. The van der Waals surface area contributed by atoms with Crippen LogP contribution in [0.25, 0.3) is 0 Å². The Morgan fingerprint density at radius 2 is 2.20 bits per heavy atom. The number of rotatable bonds is 4. The van der Waals surface area contributed by atoms with Crippen molar-refractivity contribution in [2.75, 3.05) is 5.73 Å². The highest BCUT2D eigenvalue weighted by atomic mass is 16.3. The fourth-order valence-corrected chi connectivity index (χ4v) is 1.42. The second-order valence-electron chi connectivity index (χ2n) is 4.41. The summed E-state index contributed by atoms with van der Waals surface area (Å²) in [6.07, 6.45) is 4.02. The highest BCUT2D eigenvalue weighted by molar-refractivity contribution is 5.40. The van der Waals surface area contributed by atoms with Crippen molar-refractivity contribution >= 4 is 5.82 Å². The summed E-state index contributed by atoms with van der Waals surface area (Å²) < 4.78 is 0. The van der Waals surface area contributed by atoms with Crippen molar-refractivity contribution in [1.82, 2.24) is 4.98 Å². The van der Waals surface area contributed by atoms with Crippen LogP contribution in [0.15, 0.2) is 12.3 Å². The quantitative estimate of drug-likeness (QED) is 0.796. The van der Waals surface area contributed by atoms with Gasteiger partial charge in [-0.2, -0.15) is 0 Å². The van der Waals surface area contributed by atoms with Gasteiger partial charge in [0.25, 0.3) is 0 Å². The Kier molecular flexibility index (Phi) is 3.69. The van der Waals surface area contributed by atoms with Gasteiger partial charge in [-0.05, 0) is 44.2 Å². The molecule has 1 rings (SSSR count). The predicted molar refractivity (Wildman–Crippen MR) is 62.6 cm³/mol. The maximum Gasteiger partial charge on any atom is 0.126 e. The van der Waals surface area contributed by atoms with Crippen LogP contribution in [0, 0.1) is 6.92 Å². The summed E-state index contributed by atoms with van der Waals surface area (Å²) >= 11 is 0. The lowest BCUT2D eigenvalue weighted by atomic mass is 9.94. The fourth-order valence-electron chi connectivity index (χ4n) is 1.42. The standard InChI is InChI=1S/C12H20N2O/c1-4-12(3,15)6-5-10-7-9(2)8-14-11(10)13/h7-8,15H,4-6H2,1-3H3,(H2,13,14). The molecule has 1 aromatic rings. The van der Waals surface area contributed by atoms with E-state index in [1.807, 2.05) is 26.8 Å². The molecule has 84 valence electrons. The smallest absolute Gasteiger partial charge is 0.126 e. The van der Waals surface area contributed by atoms with Crippen LogP contribution in [0.3, 0.4) is 0 Å². The molecule has 1 unspecified atom stereocenters. The third kappa shape index (κ3) is 3.51. The van der Waals surface area contributed by atoms with Crippen molar-refractivity contribution in [3.8, 4) is 0 Å². The zero-order chi connectivity index (χ0) is 11.5. The molecule has 0 aliphatic rings. The molecule has 0 aliphatic carbocycles. The monoisotopic (exact) mass is 208 g/mol. The summed E-state index contributed by atoms with van der Waals surface area (Å²) in [4.78, 5) is 4.10. The van der Waals surface area contributed by atoms with Crippen molar-refractivity contribution in [3.05, 3.63) is 23.4 Å². The van der Waals surface area contributed by atoms with E-state index in [-0.39, 0.29) is 0 Å². The Bertz CT molecular complexity index is 334.